The molecule has 0 saturated carbocycles. The van der Waals surface area contributed by atoms with Gasteiger partial charge in [0, 0.05) is 0 Å². The van der Waals surface area contributed by atoms with Crippen LogP contribution in [0.5, 0.6) is 0 Å². The minimum atomic E-state index is -3.56. The van der Waals surface area contributed by atoms with E-state index in [2.05, 4.69) is 9.47 Å². The summed E-state index contributed by atoms with van der Waals surface area (Å²) in [6.45, 7) is -0.199. The van der Waals surface area contributed by atoms with Crippen LogP contribution in [0.4, 0.5) is 8.78 Å². The van der Waals surface area contributed by atoms with E-state index < -0.39 is 12.2 Å². The molecule has 1 heterocycles. The summed E-state index contributed by atoms with van der Waals surface area (Å²) in [7, 11) is 0.865. The Morgan fingerprint density at radius 1 is 1.57 bits per heavy atom. The van der Waals surface area contributed by atoms with Crippen molar-refractivity contribution in [3.05, 3.63) is 24.0 Å². The number of rotatable bonds is 0. The average Bonchev–Trinajstić information content (AvgIpc) is 2.15. The topological polar surface area (TPSA) is 38.7 Å². The van der Waals surface area contributed by atoms with Crippen molar-refractivity contribution in [2.75, 3.05) is 6.61 Å². The molecule has 0 aromatic rings. The maximum atomic E-state index is 12.6. The van der Waals surface area contributed by atoms with E-state index >= 15 is 0 Å². The van der Waals surface area contributed by atoms with Crippen molar-refractivity contribution < 1.29 is 23.3 Å². The predicted molar refractivity (Wildman–Crippen MR) is 45.7 cm³/mol. The first-order valence-electron chi connectivity index (χ1n) is 4.06. The van der Waals surface area contributed by atoms with Gasteiger partial charge in [0.25, 0.3) is 0 Å². The molecular weight excluding hydrogens is 193 g/mol. The summed E-state index contributed by atoms with van der Waals surface area (Å²) < 4.78 is 33.7. The van der Waals surface area contributed by atoms with Gasteiger partial charge in [-0.1, -0.05) is 0 Å². The van der Waals surface area contributed by atoms with Gasteiger partial charge in [0.2, 0.25) is 0 Å². The third-order valence-electron chi connectivity index (χ3n) is 2.10. The van der Waals surface area contributed by atoms with Crippen LogP contribution in [0.25, 0.3) is 0 Å². The van der Waals surface area contributed by atoms with Gasteiger partial charge in [0.05, 0.1) is 0 Å². The van der Waals surface area contributed by atoms with E-state index in [1.807, 2.05) is 0 Å². The molecule has 1 aliphatic carbocycles. The molecule has 1 aliphatic heterocycles. The third kappa shape index (κ3) is 1.57. The molecule has 6 heteroatoms. The van der Waals surface area contributed by atoms with E-state index in [1.165, 1.54) is 12.2 Å². The van der Waals surface area contributed by atoms with Crippen molar-refractivity contribution >= 4 is 12.6 Å². The Morgan fingerprint density at radius 3 is 3.07 bits per heavy atom. The van der Waals surface area contributed by atoms with Gasteiger partial charge in [-0.2, -0.15) is 0 Å². The minimum absolute atomic E-state index is 0.115. The molecule has 2 rings (SSSR count). The summed E-state index contributed by atoms with van der Waals surface area (Å²) in [4.78, 5) is 0. The summed E-state index contributed by atoms with van der Waals surface area (Å²) in [5, 5.41) is 8.82. The van der Waals surface area contributed by atoms with Crippen LogP contribution in [-0.4, -0.2) is 30.5 Å². The van der Waals surface area contributed by atoms with Crippen molar-refractivity contribution in [1.29, 1.82) is 0 Å². The van der Waals surface area contributed by atoms with Gasteiger partial charge in [0.1, 0.15) is 0 Å². The van der Waals surface area contributed by atoms with Crippen LogP contribution in [0, 0.1) is 5.92 Å². The quantitative estimate of drug-likeness (QED) is 0.576. The number of ether oxygens (including phenoxy) is 2. The Balaban J connectivity index is 2.25. The Morgan fingerprint density at radius 2 is 2.36 bits per heavy atom. The molecule has 0 aromatic heterocycles. The van der Waals surface area contributed by atoms with Crippen molar-refractivity contribution in [2.45, 2.75) is 6.29 Å². The summed E-state index contributed by atoms with van der Waals surface area (Å²) in [6.07, 6.45) is 1.03. The van der Waals surface area contributed by atoms with Crippen molar-refractivity contribution in [3.8, 4) is 0 Å². The standard InChI is InChI=1S/C8H7BF2O3/c10-8(11)13-4-5-6(9-12)2-1-3-7(5)14-8/h1-3,5,12H,4H2. The second-order valence-corrected chi connectivity index (χ2v) is 2.99. The fourth-order valence-electron chi connectivity index (χ4n) is 1.41. The number of alkyl halides is 2. The number of hydrogen-bond donors (Lipinski definition) is 1. The number of hydrogen-bond acceptors (Lipinski definition) is 3. The molecule has 1 saturated heterocycles. The van der Waals surface area contributed by atoms with Crippen molar-refractivity contribution in [2.24, 2.45) is 5.92 Å². The van der Waals surface area contributed by atoms with E-state index in [4.69, 9.17) is 5.02 Å². The van der Waals surface area contributed by atoms with E-state index in [1.54, 1.807) is 6.08 Å². The van der Waals surface area contributed by atoms with Gasteiger partial charge in [0.15, 0.2) is 0 Å². The second-order valence-electron chi connectivity index (χ2n) is 2.99. The molecule has 0 aromatic carbocycles. The Hall–Kier alpha value is -1.17. The van der Waals surface area contributed by atoms with Gasteiger partial charge in [-0.3, -0.25) is 0 Å². The van der Waals surface area contributed by atoms with Gasteiger partial charge < -0.3 is 0 Å². The van der Waals surface area contributed by atoms with Crippen LogP contribution >= 0.6 is 0 Å². The average molecular weight is 200 g/mol. The van der Waals surface area contributed by atoms with Crippen molar-refractivity contribution in [3.63, 3.8) is 0 Å². The summed E-state index contributed by atoms with van der Waals surface area (Å²) in [5.41, 5.74) is 0.498. The Labute approximate surface area is 79.6 Å². The van der Waals surface area contributed by atoms with Crippen LogP contribution in [0.2, 0.25) is 0 Å². The molecule has 1 N–H and O–H groups in total. The van der Waals surface area contributed by atoms with Crippen LogP contribution in [0.1, 0.15) is 0 Å². The third-order valence-corrected chi connectivity index (χ3v) is 2.10. The summed E-state index contributed by atoms with van der Waals surface area (Å²) in [6, 6.07) is 0. The number of halogens is 2. The van der Waals surface area contributed by atoms with E-state index in [-0.39, 0.29) is 12.4 Å². The van der Waals surface area contributed by atoms with Crippen LogP contribution in [0.15, 0.2) is 24.0 Å². The first-order chi connectivity index (χ1) is 6.62. The molecular formula is C8H7BF2O3. The summed E-state index contributed by atoms with van der Waals surface area (Å²) >= 11 is 0. The van der Waals surface area contributed by atoms with Gasteiger partial charge in [-0.15, -0.1) is 0 Å². The maximum absolute atomic E-state index is 12.6. The predicted octanol–water partition coefficient (Wildman–Crippen LogP) is 0.437. The number of fused-ring (bicyclic) bond motifs is 1. The van der Waals surface area contributed by atoms with E-state index in [0.717, 1.165) is 7.12 Å². The molecule has 14 heavy (non-hydrogen) atoms. The molecule has 1 atom stereocenters. The molecule has 2 aliphatic rings. The van der Waals surface area contributed by atoms with Crippen molar-refractivity contribution in [1.82, 2.24) is 0 Å². The SMILES string of the molecule is OB=C1C=CC=C2OC(F)(F)OCC12. The Kier molecular flexibility index (Phi) is 2.15. The molecule has 74 valence electrons. The summed E-state index contributed by atoms with van der Waals surface area (Å²) in [5.74, 6) is -0.325. The van der Waals surface area contributed by atoms with Gasteiger partial charge >= 0.3 is 78.7 Å². The number of allylic oxidation sites excluding steroid dienone is 3. The second kappa shape index (κ2) is 3.20. The van der Waals surface area contributed by atoms with Crippen LogP contribution in [-0.2, 0) is 9.47 Å². The molecule has 1 fully saturated rings. The van der Waals surface area contributed by atoms with Crippen LogP contribution in [0.3, 0.4) is 0 Å². The molecule has 0 amide bonds. The zero-order chi connectivity index (χ0) is 10.2. The van der Waals surface area contributed by atoms with E-state index in [0.29, 0.717) is 5.46 Å². The van der Waals surface area contributed by atoms with E-state index in [9.17, 15) is 8.78 Å². The monoisotopic (exact) mass is 200 g/mol. The zero-order valence-corrected chi connectivity index (χ0v) is 7.11. The normalized spacial score (nSPS) is 31.4. The molecule has 0 radical (unpaired) electrons. The molecule has 0 bridgehead atoms. The Bertz CT molecular complexity index is 335. The molecule has 0 spiro atoms. The fourth-order valence-corrected chi connectivity index (χ4v) is 1.41. The van der Waals surface area contributed by atoms with Gasteiger partial charge in [-0.25, -0.2) is 0 Å². The first-order valence-corrected chi connectivity index (χ1v) is 4.06. The zero-order valence-electron chi connectivity index (χ0n) is 7.11. The fraction of sp³-hybridized carbons (Fsp3) is 0.375. The molecule has 3 nitrogen and oxygen atoms in total. The molecule has 1 unspecified atom stereocenters. The van der Waals surface area contributed by atoms with Gasteiger partial charge in [-0.05, 0) is 0 Å². The van der Waals surface area contributed by atoms with Crippen LogP contribution < -0.4 is 0 Å². The first kappa shape index (κ1) is 9.39.